The number of aromatic nitrogens is 4. The molecule has 0 radical (unpaired) electrons. The molecule has 0 saturated carbocycles. The lowest BCUT2D eigenvalue weighted by Crippen LogP contribution is -2.24. The molecule has 9 nitrogen and oxygen atoms in total. The maximum absolute atomic E-state index is 11.6. The quantitative estimate of drug-likeness (QED) is 0.313. The fraction of sp³-hybridized carbons (Fsp3) is 0.294. The number of anilines is 1. The standard InChI is InChI=1S/C17H18ClN5O4S/c1-27-12-3-2-9(4-11(12)18)8-28-17-22-15(20-5-10(25)7-24)14-16(23-17)21-13(26)6-19-14/h2-4,6,10,24-25H,5,7-8H2,1H3,(H2,20,21,22,23,26). The van der Waals surface area contributed by atoms with Crippen LogP contribution in [0.15, 0.2) is 34.3 Å². The molecule has 0 aliphatic carbocycles. The monoisotopic (exact) mass is 423 g/mol. The van der Waals surface area contributed by atoms with Crippen LogP contribution in [-0.4, -0.2) is 56.5 Å². The number of benzene rings is 1. The first kappa shape index (κ1) is 20.3. The molecule has 3 aromatic rings. The Labute approximate surface area is 169 Å². The van der Waals surface area contributed by atoms with E-state index in [2.05, 4.69) is 25.3 Å². The molecule has 148 valence electrons. The molecule has 1 atom stereocenters. The molecule has 4 N–H and O–H groups in total. The van der Waals surface area contributed by atoms with Gasteiger partial charge in [0.15, 0.2) is 16.6 Å². The van der Waals surface area contributed by atoms with Crippen LogP contribution in [0.2, 0.25) is 5.02 Å². The number of methoxy groups -OCH3 is 1. The molecule has 0 amide bonds. The molecule has 1 unspecified atom stereocenters. The Morgan fingerprint density at radius 1 is 1.39 bits per heavy atom. The van der Waals surface area contributed by atoms with Gasteiger partial charge in [-0.3, -0.25) is 4.79 Å². The van der Waals surface area contributed by atoms with E-state index in [1.54, 1.807) is 19.2 Å². The van der Waals surface area contributed by atoms with Crippen molar-refractivity contribution < 1.29 is 14.9 Å². The number of fused-ring (bicyclic) bond motifs is 1. The van der Waals surface area contributed by atoms with E-state index in [0.29, 0.717) is 33.0 Å². The Hall–Kier alpha value is -2.40. The van der Waals surface area contributed by atoms with E-state index in [9.17, 15) is 9.90 Å². The number of hydrogen-bond acceptors (Lipinski definition) is 9. The second-order valence-electron chi connectivity index (χ2n) is 5.77. The number of H-pyrrole nitrogens is 1. The number of aliphatic hydroxyl groups excluding tert-OH is 2. The van der Waals surface area contributed by atoms with Gasteiger partial charge in [-0.25, -0.2) is 15.0 Å². The highest BCUT2D eigenvalue weighted by molar-refractivity contribution is 7.98. The van der Waals surface area contributed by atoms with Crippen molar-refractivity contribution >= 4 is 40.3 Å². The number of aliphatic hydroxyl groups is 2. The minimum absolute atomic E-state index is 0.0710. The smallest absolute Gasteiger partial charge is 0.268 e. The van der Waals surface area contributed by atoms with E-state index in [-0.39, 0.29) is 24.4 Å². The van der Waals surface area contributed by atoms with Gasteiger partial charge in [-0.2, -0.15) is 0 Å². The summed E-state index contributed by atoms with van der Waals surface area (Å²) in [5, 5.41) is 22.4. The van der Waals surface area contributed by atoms with Crippen LogP contribution >= 0.6 is 23.4 Å². The maximum atomic E-state index is 11.6. The predicted molar refractivity (Wildman–Crippen MR) is 107 cm³/mol. The van der Waals surface area contributed by atoms with Gasteiger partial charge < -0.3 is 25.3 Å². The number of halogens is 1. The summed E-state index contributed by atoms with van der Waals surface area (Å²) in [6.07, 6.45) is 0.177. The SMILES string of the molecule is COc1ccc(CSc2nc(NCC(O)CO)c3ncc(=O)[nH]c3n2)cc1Cl. The van der Waals surface area contributed by atoms with E-state index in [1.807, 2.05) is 6.07 Å². The van der Waals surface area contributed by atoms with Crippen LogP contribution in [0.5, 0.6) is 5.75 Å². The molecule has 0 fully saturated rings. The van der Waals surface area contributed by atoms with Crippen LogP contribution in [0.25, 0.3) is 11.2 Å². The highest BCUT2D eigenvalue weighted by atomic mass is 35.5. The lowest BCUT2D eigenvalue weighted by atomic mass is 10.2. The first-order valence-corrected chi connectivity index (χ1v) is 9.61. The van der Waals surface area contributed by atoms with E-state index >= 15 is 0 Å². The predicted octanol–water partition coefficient (Wildman–Crippen LogP) is 1.43. The summed E-state index contributed by atoms with van der Waals surface area (Å²) < 4.78 is 5.14. The lowest BCUT2D eigenvalue weighted by molar-refractivity contribution is 0.105. The van der Waals surface area contributed by atoms with Crippen molar-refractivity contribution in [3.8, 4) is 5.75 Å². The molecule has 11 heteroatoms. The van der Waals surface area contributed by atoms with Gasteiger partial charge in [0.2, 0.25) is 0 Å². The number of ether oxygens (including phenoxy) is 1. The van der Waals surface area contributed by atoms with E-state index in [1.165, 1.54) is 11.8 Å². The molecule has 0 aliphatic rings. The molecule has 0 saturated heterocycles. The number of aromatic amines is 1. The summed E-state index contributed by atoms with van der Waals surface area (Å²) in [6.45, 7) is -0.318. The number of rotatable bonds is 8. The molecular formula is C17H18ClN5O4S. The second-order valence-corrected chi connectivity index (χ2v) is 7.12. The Morgan fingerprint density at radius 3 is 2.93 bits per heavy atom. The van der Waals surface area contributed by atoms with Crippen LogP contribution in [0.1, 0.15) is 5.56 Å². The van der Waals surface area contributed by atoms with Crippen molar-refractivity contribution in [1.82, 2.24) is 19.9 Å². The third kappa shape index (κ3) is 4.90. The number of hydrogen-bond donors (Lipinski definition) is 4. The molecule has 2 aromatic heterocycles. The molecule has 0 aliphatic heterocycles. The average molecular weight is 424 g/mol. The van der Waals surface area contributed by atoms with Gasteiger partial charge in [0.05, 0.1) is 31.0 Å². The zero-order valence-corrected chi connectivity index (χ0v) is 16.4. The fourth-order valence-corrected chi connectivity index (χ4v) is 3.40. The number of thioether (sulfide) groups is 1. The van der Waals surface area contributed by atoms with E-state index in [0.717, 1.165) is 11.8 Å². The normalized spacial score (nSPS) is 12.1. The van der Waals surface area contributed by atoms with Crippen LogP contribution in [-0.2, 0) is 5.75 Å². The van der Waals surface area contributed by atoms with E-state index < -0.39 is 6.10 Å². The van der Waals surface area contributed by atoms with Gasteiger partial charge in [0.1, 0.15) is 11.3 Å². The van der Waals surface area contributed by atoms with Crippen LogP contribution in [0.3, 0.4) is 0 Å². The summed E-state index contributed by atoms with van der Waals surface area (Å²) in [6, 6.07) is 5.47. The topological polar surface area (TPSA) is 133 Å². The Bertz CT molecular complexity index is 1030. The molecule has 3 rings (SSSR count). The maximum Gasteiger partial charge on any atom is 0.268 e. The van der Waals surface area contributed by atoms with Gasteiger partial charge in [0.25, 0.3) is 5.56 Å². The third-order valence-electron chi connectivity index (χ3n) is 3.72. The van der Waals surface area contributed by atoms with Crippen molar-refractivity contribution in [3.05, 3.63) is 45.3 Å². The van der Waals surface area contributed by atoms with Crippen LogP contribution < -0.4 is 15.6 Å². The number of nitrogens with one attached hydrogen (secondary N) is 2. The van der Waals surface area contributed by atoms with Gasteiger partial charge in [-0.05, 0) is 17.7 Å². The van der Waals surface area contributed by atoms with Crippen molar-refractivity contribution in [2.24, 2.45) is 0 Å². The molecule has 28 heavy (non-hydrogen) atoms. The fourth-order valence-electron chi connectivity index (χ4n) is 2.33. The molecule has 0 bridgehead atoms. The Morgan fingerprint density at radius 2 is 2.21 bits per heavy atom. The number of nitrogens with zero attached hydrogens (tertiary/aromatic N) is 3. The zero-order valence-electron chi connectivity index (χ0n) is 14.8. The van der Waals surface area contributed by atoms with E-state index in [4.69, 9.17) is 21.4 Å². The highest BCUT2D eigenvalue weighted by Gasteiger charge is 2.12. The van der Waals surface area contributed by atoms with Crippen molar-refractivity contribution in [2.75, 3.05) is 25.6 Å². The lowest BCUT2D eigenvalue weighted by Gasteiger charge is -2.12. The molecule has 0 spiro atoms. The largest absolute Gasteiger partial charge is 0.495 e. The molecule has 1 aromatic carbocycles. The van der Waals surface area contributed by atoms with Crippen molar-refractivity contribution in [3.63, 3.8) is 0 Å². The Kier molecular flexibility index (Phi) is 6.68. The van der Waals surface area contributed by atoms with Gasteiger partial charge in [-0.15, -0.1) is 0 Å². The first-order valence-electron chi connectivity index (χ1n) is 8.25. The van der Waals surface area contributed by atoms with Crippen LogP contribution in [0, 0.1) is 0 Å². The summed E-state index contributed by atoms with van der Waals surface area (Å²) in [5.41, 5.74) is 1.20. The molecule has 2 heterocycles. The first-order chi connectivity index (χ1) is 13.5. The minimum Gasteiger partial charge on any atom is -0.495 e. The minimum atomic E-state index is -0.953. The van der Waals surface area contributed by atoms with Crippen molar-refractivity contribution in [1.29, 1.82) is 0 Å². The second kappa shape index (κ2) is 9.20. The zero-order chi connectivity index (χ0) is 20.1. The van der Waals surface area contributed by atoms with Gasteiger partial charge in [-0.1, -0.05) is 29.4 Å². The van der Waals surface area contributed by atoms with Crippen LogP contribution in [0.4, 0.5) is 5.82 Å². The summed E-state index contributed by atoms with van der Waals surface area (Å²) in [5.74, 6) is 1.48. The highest BCUT2D eigenvalue weighted by Crippen LogP contribution is 2.29. The summed E-state index contributed by atoms with van der Waals surface area (Å²) >= 11 is 7.50. The van der Waals surface area contributed by atoms with Gasteiger partial charge in [0, 0.05) is 12.3 Å². The average Bonchev–Trinajstić information content (AvgIpc) is 2.69. The summed E-state index contributed by atoms with van der Waals surface area (Å²) in [4.78, 5) is 27.0. The van der Waals surface area contributed by atoms with Gasteiger partial charge >= 0.3 is 0 Å². The third-order valence-corrected chi connectivity index (χ3v) is 4.93. The Balaban J connectivity index is 1.85. The van der Waals surface area contributed by atoms with Crippen molar-refractivity contribution in [2.45, 2.75) is 17.0 Å². The summed E-state index contributed by atoms with van der Waals surface area (Å²) in [7, 11) is 1.55. The molecular weight excluding hydrogens is 406 g/mol.